The van der Waals surface area contributed by atoms with E-state index in [0.29, 0.717) is 19.8 Å². The monoisotopic (exact) mass is 454 g/mol. The molecule has 0 rings (SSSR count). The van der Waals surface area contributed by atoms with Gasteiger partial charge in [-0.2, -0.15) is 0 Å². The van der Waals surface area contributed by atoms with E-state index in [9.17, 15) is 19.2 Å². The van der Waals surface area contributed by atoms with E-state index in [1.165, 1.54) is 41.2 Å². The normalized spacial score (nSPS) is 7.90. The predicted molar refractivity (Wildman–Crippen MR) is 116 cm³/mol. The fourth-order valence-corrected chi connectivity index (χ4v) is 1.02. The van der Waals surface area contributed by atoms with Crippen molar-refractivity contribution in [3.8, 4) is 0 Å². The van der Waals surface area contributed by atoms with Crippen LogP contribution in [0.15, 0.2) is 0 Å². The van der Waals surface area contributed by atoms with Gasteiger partial charge in [0.2, 0.25) is 0 Å². The molecule has 0 bridgehead atoms. The molecule has 0 aliphatic carbocycles. The molecule has 0 saturated carbocycles. The van der Waals surface area contributed by atoms with Crippen molar-refractivity contribution in [2.45, 2.75) is 81.1 Å². The molecule has 186 valence electrons. The Balaban J connectivity index is -0.0000000935. The van der Waals surface area contributed by atoms with Crippen molar-refractivity contribution < 1.29 is 48.0 Å². The molecule has 0 amide bonds. The first-order valence-electron chi connectivity index (χ1n) is 9.96. The van der Waals surface area contributed by atoms with Crippen molar-refractivity contribution in [2.24, 2.45) is 0 Å². The predicted octanol–water partition coefficient (Wildman–Crippen LogP) is 3.54. The summed E-state index contributed by atoms with van der Waals surface area (Å²) in [6, 6.07) is 0. The summed E-state index contributed by atoms with van der Waals surface area (Å²) in [7, 11) is 1.35. The molecule has 0 aliphatic rings. The minimum atomic E-state index is -0.833. The molecule has 0 spiro atoms. The minimum absolute atomic E-state index is 0.175. The standard InChI is InChI=1S/C7H14O2.C5H10O2.C4H8O2.C3H6O2.C2H4O2/c1-3-4-5-6-9-7(2)8;1-3-4-7-5(2)6;1-3-6-4(2)5;1-3(4)5-2;1-2(3)4/h3-6H2,1-2H3;3-4H2,1-2H3;3H2,1-2H3;1-2H3;1H3,(H,3,4). The SMILES string of the molecule is CC(=O)O.CCCCCOC(C)=O.CCCOC(C)=O.CCOC(C)=O.COC(C)=O. The lowest BCUT2D eigenvalue weighted by molar-refractivity contribution is -0.141. The number of hydrogen-bond acceptors (Lipinski definition) is 9. The van der Waals surface area contributed by atoms with E-state index < -0.39 is 5.97 Å². The van der Waals surface area contributed by atoms with E-state index in [0.717, 1.165) is 26.2 Å². The van der Waals surface area contributed by atoms with Gasteiger partial charge in [0, 0.05) is 34.6 Å². The fraction of sp³-hybridized carbons (Fsp3) is 0.762. The highest BCUT2D eigenvalue weighted by atomic mass is 16.5. The number of esters is 4. The molecule has 1 N–H and O–H groups in total. The zero-order chi connectivity index (χ0) is 25.7. The molecule has 0 aromatic rings. The molecule has 0 atom stereocenters. The van der Waals surface area contributed by atoms with E-state index >= 15 is 0 Å². The second-order valence-electron chi connectivity index (χ2n) is 5.53. The third-order valence-electron chi connectivity index (χ3n) is 2.20. The van der Waals surface area contributed by atoms with Crippen molar-refractivity contribution >= 4 is 29.8 Å². The van der Waals surface area contributed by atoms with Gasteiger partial charge >= 0.3 is 23.9 Å². The highest BCUT2D eigenvalue weighted by Crippen LogP contribution is 1.93. The number of aliphatic carboxylic acids is 1. The Labute approximate surface area is 186 Å². The Bertz CT molecular complexity index is 443. The van der Waals surface area contributed by atoms with E-state index in [1.54, 1.807) is 6.92 Å². The summed E-state index contributed by atoms with van der Waals surface area (Å²) < 4.78 is 17.8. The van der Waals surface area contributed by atoms with Gasteiger partial charge in [0.1, 0.15) is 0 Å². The molecule has 0 saturated heterocycles. The molecule has 0 aliphatic heterocycles. The number of carbonyl (C=O) groups is 5. The summed E-state index contributed by atoms with van der Waals surface area (Å²) in [5.41, 5.74) is 0. The van der Waals surface area contributed by atoms with Gasteiger partial charge in [0.15, 0.2) is 0 Å². The van der Waals surface area contributed by atoms with Crippen LogP contribution in [0.3, 0.4) is 0 Å². The molecule has 0 fully saturated rings. The maximum Gasteiger partial charge on any atom is 0.302 e. The van der Waals surface area contributed by atoms with Crippen LogP contribution in [-0.2, 0) is 42.9 Å². The molecule has 10 nitrogen and oxygen atoms in total. The summed E-state index contributed by atoms with van der Waals surface area (Å²) in [5.74, 6) is -1.66. The van der Waals surface area contributed by atoms with Crippen LogP contribution < -0.4 is 0 Å². The number of carbonyl (C=O) groups excluding carboxylic acids is 4. The van der Waals surface area contributed by atoms with Crippen molar-refractivity contribution in [1.82, 2.24) is 0 Å². The Kier molecular flexibility index (Phi) is 43.7. The molecule has 0 aromatic heterocycles. The number of carboxylic acids is 1. The van der Waals surface area contributed by atoms with Gasteiger partial charge < -0.3 is 24.1 Å². The van der Waals surface area contributed by atoms with E-state index in [1.807, 2.05) is 6.92 Å². The molecule has 0 unspecified atom stereocenters. The van der Waals surface area contributed by atoms with Crippen LogP contribution in [0.25, 0.3) is 0 Å². The summed E-state index contributed by atoms with van der Waals surface area (Å²) in [6.45, 7) is 14.2. The van der Waals surface area contributed by atoms with Gasteiger partial charge in [-0.3, -0.25) is 24.0 Å². The number of rotatable bonds is 7. The second-order valence-corrected chi connectivity index (χ2v) is 5.53. The van der Waals surface area contributed by atoms with Crippen molar-refractivity contribution in [3.63, 3.8) is 0 Å². The molecular weight excluding hydrogens is 412 g/mol. The van der Waals surface area contributed by atoms with Gasteiger partial charge in [-0.25, -0.2) is 0 Å². The lowest BCUT2D eigenvalue weighted by atomic mass is 10.3. The molecule has 10 heteroatoms. The van der Waals surface area contributed by atoms with Crippen LogP contribution in [-0.4, -0.2) is 61.9 Å². The molecule has 0 heterocycles. The van der Waals surface area contributed by atoms with Crippen LogP contribution in [0.5, 0.6) is 0 Å². The van der Waals surface area contributed by atoms with Gasteiger partial charge in [0.05, 0.1) is 26.9 Å². The summed E-state index contributed by atoms with van der Waals surface area (Å²) in [6.07, 6.45) is 4.21. The van der Waals surface area contributed by atoms with Crippen molar-refractivity contribution in [1.29, 1.82) is 0 Å². The first-order chi connectivity index (χ1) is 14.3. The quantitative estimate of drug-likeness (QED) is 0.344. The second kappa shape index (κ2) is 34.8. The van der Waals surface area contributed by atoms with Crippen LogP contribution in [0.1, 0.15) is 81.1 Å². The fourth-order valence-electron chi connectivity index (χ4n) is 1.02. The molecule has 0 aromatic carbocycles. The maximum absolute atomic E-state index is 10.2. The lowest BCUT2D eigenvalue weighted by Gasteiger charge is -1.98. The van der Waals surface area contributed by atoms with Crippen LogP contribution in [0.4, 0.5) is 0 Å². The van der Waals surface area contributed by atoms with Gasteiger partial charge in [0.25, 0.3) is 5.97 Å². The Morgan fingerprint density at radius 2 is 0.968 bits per heavy atom. The topological polar surface area (TPSA) is 143 Å². The average molecular weight is 455 g/mol. The van der Waals surface area contributed by atoms with Crippen molar-refractivity contribution in [3.05, 3.63) is 0 Å². The Morgan fingerprint density at radius 1 is 0.613 bits per heavy atom. The smallest absolute Gasteiger partial charge is 0.302 e. The minimum Gasteiger partial charge on any atom is -0.481 e. The van der Waals surface area contributed by atoms with Gasteiger partial charge in [-0.05, 0) is 19.8 Å². The third kappa shape index (κ3) is 115. The third-order valence-corrected chi connectivity index (χ3v) is 2.20. The summed E-state index contributed by atoms with van der Waals surface area (Å²) >= 11 is 0. The van der Waals surface area contributed by atoms with Gasteiger partial charge in [-0.1, -0.05) is 26.7 Å². The Morgan fingerprint density at radius 3 is 1.13 bits per heavy atom. The first kappa shape index (κ1) is 38.9. The van der Waals surface area contributed by atoms with Crippen LogP contribution >= 0.6 is 0 Å². The zero-order valence-corrected chi connectivity index (χ0v) is 20.6. The van der Waals surface area contributed by atoms with E-state index in [-0.39, 0.29) is 23.9 Å². The highest BCUT2D eigenvalue weighted by molar-refractivity contribution is 5.66. The number of unbranched alkanes of at least 4 members (excludes halogenated alkanes) is 2. The van der Waals surface area contributed by atoms with Crippen LogP contribution in [0.2, 0.25) is 0 Å². The number of methoxy groups -OCH3 is 1. The molecular formula is C21H42O10. The van der Waals surface area contributed by atoms with Gasteiger partial charge in [-0.15, -0.1) is 0 Å². The maximum atomic E-state index is 10.2. The number of hydrogen-bond donors (Lipinski definition) is 1. The first-order valence-corrected chi connectivity index (χ1v) is 9.96. The summed E-state index contributed by atoms with van der Waals surface area (Å²) in [5, 5.41) is 7.42. The average Bonchev–Trinajstić information content (AvgIpc) is 2.64. The Hall–Kier alpha value is -2.65. The summed E-state index contributed by atoms with van der Waals surface area (Å²) in [4.78, 5) is 48.6. The molecule has 31 heavy (non-hydrogen) atoms. The zero-order valence-electron chi connectivity index (χ0n) is 20.6. The van der Waals surface area contributed by atoms with E-state index in [4.69, 9.17) is 14.6 Å². The van der Waals surface area contributed by atoms with E-state index in [2.05, 4.69) is 21.1 Å². The number of carboxylic acid groups (broad SMARTS) is 1. The largest absolute Gasteiger partial charge is 0.481 e. The highest BCUT2D eigenvalue weighted by Gasteiger charge is 1.90. The number of ether oxygens (including phenoxy) is 4. The molecule has 0 radical (unpaired) electrons. The van der Waals surface area contributed by atoms with Crippen molar-refractivity contribution in [2.75, 3.05) is 26.9 Å². The lowest BCUT2D eigenvalue weighted by Crippen LogP contribution is -1.99. The van der Waals surface area contributed by atoms with Crippen LogP contribution in [0, 0.1) is 0 Å².